The van der Waals surface area contributed by atoms with E-state index in [9.17, 15) is 4.79 Å². The Bertz CT molecular complexity index is 512. The van der Waals surface area contributed by atoms with E-state index in [4.69, 9.17) is 16.3 Å². The molecular formula is C16H18ClNO2. The van der Waals surface area contributed by atoms with Crippen molar-refractivity contribution in [3.05, 3.63) is 60.2 Å². The SMILES string of the molecule is CC(NC(=O)c1ccccc1)OCC1(Cl)C=CC=CC1. The molecule has 1 aliphatic rings. The molecule has 0 fully saturated rings. The average molecular weight is 292 g/mol. The van der Waals surface area contributed by atoms with Crippen LogP contribution in [0.4, 0.5) is 0 Å². The standard InChI is InChI=1S/C16H18ClNO2/c1-13(18-15(19)14-8-4-2-5-9-14)20-12-16(17)10-6-3-7-11-16/h2-10,13H,11-12H2,1H3,(H,18,19). The number of carbonyl (C=O) groups is 1. The summed E-state index contributed by atoms with van der Waals surface area (Å²) in [4.78, 5) is 11.4. The average Bonchev–Trinajstić information content (AvgIpc) is 2.47. The zero-order valence-electron chi connectivity index (χ0n) is 11.4. The molecule has 0 saturated heterocycles. The Hall–Kier alpha value is -1.58. The van der Waals surface area contributed by atoms with Gasteiger partial charge in [0.1, 0.15) is 6.23 Å². The van der Waals surface area contributed by atoms with Crippen molar-refractivity contribution in [1.29, 1.82) is 0 Å². The summed E-state index contributed by atoms with van der Waals surface area (Å²) in [6.45, 7) is 2.15. The lowest BCUT2D eigenvalue weighted by Gasteiger charge is -2.26. The van der Waals surface area contributed by atoms with Crippen LogP contribution in [0, 0.1) is 0 Å². The number of hydrogen-bond acceptors (Lipinski definition) is 2. The van der Waals surface area contributed by atoms with Gasteiger partial charge in [0.25, 0.3) is 5.91 Å². The molecule has 0 bridgehead atoms. The molecule has 0 heterocycles. The van der Waals surface area contributed by atoms with Crippen LogP contribution in [0.25, 0.3) is 0 Å². The quantitative estimate of drug-likeness (QED) is 0.668. The van der Waals surface area contributed by atoms with Gasteiger partial charge in [-0.15, -0.1) is 11.6 Å². The van der Waals surface area contributed by atoms with Crippen LogP contribution in [0.3, 0.4) is 0 Å². The molecule has 0 spiro atoms. The van der Waals surface area contributed by atoms with Gasteiger partial charge in [-0.3, -0.25) is 4.79 Å². The maximum absolute atomic E-state index is 11.9. The summed E-state index contributed by atoms with van der Waals surface area (Å²) in [5.74, 6) is -0.152. The second kappa shape index (κ2) is 6.73. The molecule has 1 aromatic carbocycles. The maximum atomic E-state index is 11.9. The smallest absolute Gasteiger partial charge is 0.253 e. The van der Waals surface area contributed by atoms with Crippen LogP contribution < -0.4 is 5.32 Å². The number of carbonyl (C=O) groups excluding carboxylic acids is 1. The van der Waals surface area contributed by atoms with Crippen molar-refractivity contribution < 1.29 is 9.53 Å². The summed E-state index contributed by atoms with van der Waals surface area (Å²) in [6.07, 6.45) is 8.13. The van der Waals surface area contributed by atoms with Crippen LogP contribution in [-0.4, -0.2) is 23.6 Å². The van der Waals surface area contributed by atoms with Gasteiger partial charge in [-0.2, -0.15) is 0 Å². The van der Waals surface area contributed by atoms with Crippen LogP contribution in [0.1, 0.15) is 23.7 Å². The lowest BCUT2D eigenvalue weighted by molar-refractivity contribution is 0.0311. The lowest BCUT2D eigenvalue weighted by Crippen LogP contribution is -2.38. The number of halogens is 1. The lowest BCUT2D eigenvalue weighted by atomic mass is 10.0. The molecule has 4 heteroatoms. The fourth-order valence-corrected chi connectivity index (χ4v) is 2.13. The van der Waals surface area contributed by atoms with Gasteiger partial charge in [-0.25, -0.2) is 0 Å². The Labute approximate surface area is 124 Å². The van der Waals surface area contributed by atoms with Gasteiger partial charge in [0, 0.05) is 5.56 Å². The number of benzene rings is 1. The minimum Gasteiger partial charge on any atom is -0.357 e. The largest absolute Gasteiger partial charge is 0.357 e. The molecule has 1 N–H and O–H groups in total. The predicted molar refractivity (Wildman–Crippen MR) is 80.8 cm³/mol. The van der Waals surface area contributed by atoms with Crippen LogP contribution >= 0.6 is 11.6 Å². The van der Waals surface area contributed by atoms with Gasteiger partial charge in [0.15, 0.2) is 0 Å². The topological polar surface area (TPSA) is 38.3 Å². The highest BCUT2D eigenvalue weighted by Crippen LogP contribution is 2.26. The molecule has 0 aromatic heterocycles. The van der Waals surface area contributed by atoms with Crippen molar-refractivity contribution in [2.24, 2.45) is 0 Å². The molecule has 2 rings (SSSR count). The molecule has 106 valence electrons. The van der Waals surface area contributed by atoms with Crippen LogP contribution in [0.15, 0.2) is 54.6 Å². The first kappa shape index (κ1) is 14.8. The molecule has 0 radical (unpaired) electrons. The monoisotopic (exact) mass is 291 g/mol. The van der Waals surface area contributed by atoms with Crippen LogP contribution in [0.5, 0.6) is 0 Å². The van der Waals surface area contributed by atoms with E-state index in [0.29, 0.717) is 12.2 Å². The van der Waals surface area contributed by atoms with E-state index in [2.05, 4.69) is 5.32 Å². The highest BCUT2D eigenvalue weighted by atomic mass is 35.5. The first-order valence-corrected chi connectivity index (χ1v) is 6.98. The number of allylic oxidation sites excluding steroid dienone is 3. The van der Waals surface area contributed by atoms with E-state index in [-0.39, 0.29) is 5.91 Å². The van der Waals surface area contributed by atoms with E-state index in [1.165, 1.54) is 0 Å². The molecule has 20 heavy (non-hydrogen) atoms. The van der Waals surface area contributed by atoms with Crippen LogP contribution in [-0.2, 0) is 4.74 Å². The van der Waals surface area contributed by atoms with Crippen molar-refractivity contribution in [1.82, 2.24) is 5.32 Å². The van der Waals surface area contributed by atoms with Crippen molar-refractivity contribution in [3.63, 3.8) is 0 Å². The van der Waals surface area contributed by atoms with E-state index >= 15 is 0 Å². The molecule has 1 aliphatic carbocycles. The number of alkyl halides is 1. The summed E-state index contributed by atoms with van der Waals surface area (Å²) < 4.78 is 5.63. The van der Waals surface area contributed by atoms with Gasteiger partial charge >= 0.3 is 0 Å². The van der Waals surface area contributed by atoms with E-state index in [0.717, 1.165) is 6.42 Å². The number of hydrogen-bond donors (Lipinski definition) is 1. The van der Waals surface area contributed by atoms with Gasteiger partial charge in [-0.1, -0.05) is 42.5 Å². The highest BCUT2D eigenvalue weighted by Gasteiger charge is 2.25. The summed E-state index contributed by atoms with van der Waals surface area (Å²) in [6, 6.07) is 9.05. The predicted octanol–water partition coefficient (Wildman–Crippen LogP) is 3.27. The van der Waals surface area contributed by atoms with Crippen LogP contribution in [0.2, 0.25) is 0 Å². The Morgan fingerprint density at radius 1 is 1.40 bits per heavy atom. The number of ether oxygens (including phenoxy) is 1. The summed E-state index contributed by atoms with van der Waals surface area (Å²) >= 11 is 6.40. The number of amides is 1. The zero-order valence-corrected chi connectivity index (χ0v) is 12.1. The van der Waals surface area contributed by atoms with Gasteiger partial charge < -0.3 is 10.1 Å². The Morgan fingerprint density at radius 3 is 2.80 bits per heavy atom. The fraction of sp³-hybridized carbons (Fsp3) is 0.312. The zero-order chi connectivity index (χ0) is 14.4. The molecule has 2 unspecified atom stereocenters. The highest BCUT2D eigenvalue weighted by molar-refractivity contribution is 6.25. The first-order chi connectivity index (χ1) is 9.59. The van der Waals surface area contributed by atoms with Crippen molar-refractivity contribution in [2.45, 2.75) is 24.4 Å². The minimum atomic E-state index is -0.513. The van der Waals surface area contributed by atoms with Crippen molar-refractivity contribution >= 4 is 17.5 Å². The summed E-state index contributed by atoms with van der Waals surface area (Å²) in [7, 11) is 0. The number of nitrogens with one attached hydrogen (secondary N) is 1. The maximum Gasteiger partial charge on any atom is 0.253 e. The van der Waals surface area contributed by atoms with Crippen molar-refractivity contribution in [2.75, 3.05) is 6.61 Å². The molecule has 2 atom stereocenters. The summed E-state index contributed by atoms with van der Waals surface area (Å²) in [5.41, 5.74) is 0.615. The third-order valence-electron chi connectivity index (χ3n) is 3.04. The Morgan fingerprint density at radius 2 is 2.15 bits per heavy atom. The van der Waals surface area contributed by atoms with Gasteiger partial charge in [0.05, 0.1) is 11.5 Å². The molecule has 0 aliphatic heterocycles. The van der Waals surface area contributed by atoms with E-state index in [1.54, 1.807) is 19.1 Å². The normalized spacial score (nSPS) is 22.5. The summed E-state index contributed by atoms with van der Waals surface area (Å²) in [5, 5.41) is 2.79. The molecule has 1 amide bonds. The second-order valence-corrected chi connectivity index (χ2v) is 5.57. The minimum absolute atomic E-state index is 0.152. The third kappa shape index (κ3) is 4.22. The van der Waals surface area contributed by atoms with Gasteiger partial charge in [0.2, 0.25) is 0 Å². The van der Waals surface area contributed by atoms with Crippen molar-refractivity contribution in [3.8, 4) is 0 Å². The third-order valence-corrected chi connectivity index (χ3v) is 3.43. The molecule has 1 aromatic rings. The Balaban J connectivity index is 1.81. The molecular weight excluding hydrogens is 274 g/mol. The van der Waals surface area contributed by atoms with Gasteiger partial charge in [-0.05, 0) is 25.5 Å². The second-order valence-electron chi connectivity index (χ2n) is 4.82. The molecule has 0 saturated carbocycles. The van der Waals surface area contributed by atoms with E-state index < -0.39 is 11.1 Å². The Kier molecular flexibility index (Phi) is 4.99. The number of rotatable bonds is 5. The van der Waals surface area contributed by atoms with E-state index in [1.807, 2.05) is 42.5 Å². The molecule has 3 nitrogen and oxygen atoms in total. The fourth-order valence-electron chi connectivity index (χ4n) is 1.91. The first-order valence-electron chi connectivity index (χ1n) is 6.60.